The number of pyridine rings is 1. The molecule has 2 rings (SSSR count). The number of para-hydroxylation sites is 1. The Morgan fingerprint density at radius 1 is 1.29 bits per heavy atom. The summed E-state index contributed by atoms with van der Waals surface area (Å²) >= 11 is 0. The first-order chi connectivity index (χ1) is 10.2. The first kappa shape index (κ1) is 15.0. The average molecular weight is 285 g/mol. The lowest BCUT2D eigenvalue weighted by atomic mass is 10.2. The minimum Gasteiger partial charge on any atom is -0.491 e. The van der Waals surface area contributed by atoms with Crippen molar-refractivity contribution in [1.29, 1.82) is 0 Å². The summed E-state index contributed by atoms with van der Waals surface area (Å²) in [5.74, 6) is 0.562. The first-order valence-corrected chi connectivity index (χ1v) is 6.82. The number of carbonyl (C=O) groups is 1. The molecule has 0 saturated heterocycles. The Morgan fingerprint density at radius 2 is 2.10 bits per heavy atom. The highest BCUT2D eigenvalue weighted by atomic mass is 16.5. The predicted octanol–water partition coefficient (Wildman–Crippen LogP) is 2.26. The molecule has 21 heavy (non-hydrogen) atoms. The van der Waals surface area contributed by atoms with E-state index < -0.39 is 0 Å². The van der Waals surface area contributed by atoms with E-state index in [4.69, 9.17) is 10.5 Å². The Labute approximate surface area is 124 Å². The fourth-order valence-corrected chi connectivity index (χ4v) is 1.83. The highest BCUT2D eigenvalue weighted by Crippen LogP contribution is 2.14. The summed E-state index contributed by atoms with van der Waals surface area (Å²) in [4.78, 5) is 16.0. The van der Waals surface area contributed by atoms with Gasteiger partial charge in [0, 0.05) is 17.9 Å². The minimum absolute atomic E-state index is 0.101. The van der Waals surface area contributed by atoms with E-state index in [1.165, 1.54) is 0 Å². The largest absolute Gasteiger partial charge is 0.491 e. The van der Waals surface area contributed by atoms with Crippen LogP contribution in [0.1, 0.15) is 17.7 Å². The smallest absolute Gasteiger partial charge is 0.227 e. The number of aryl methyl sites for hydroxylation is 1. The van der Waals surface area contributed by atoms with Crippen molar-refractivity contribution in [2.24, 2.45) is 5.73 Å². The molecule has 0 aliphatic rings. The van der Waals surface area contributed by atoms with Crippen molar-refractivity contribution in [3.63, 3.8) is 0 Å². The van der Waals surface area contributed by atoms with Gasteiger partial charge in [0.2, 0.25) is 5.91 Å². The summed E-state index contributed by atoms with van der Waals surface area (Å²) in [6, 6.07) is 11.2. The van der Waals surface area contributed by atoms with Gasteiger partial charge in [-0.1, -0.05) is 18.2 Å². The molecular formula is C16H19N3O2. The van der Waals surface area contributed by atoms with Gasteiger partial charge in [-0.15, -0.1) is 0 Å². The zero-order chi connectivity index (χ0) is 15.1. The summed E-state index contributed by atoms with van der Waals surface area (Å²) in [7, 11) is 0. The Kier molecular flexibility index (Phi) is 5.29. The number of ether oxygens (including phenoxy) is 1. The lowest BCUT2D eigenvalue weighted by Crippen LogP contribution is -2.16. The number of hydrogen-bond donors (Lipinski definition) is 2. The van der Waals surface area contributed by atoms with Crippen LogP contribution in [0.25, 0.3) is 0 Å². The molecule has 1 amide bonds. The normalized spacial score (nSPS) is 10.2. The molecule has 5 heteroatoms. The molecule has 0 unspecified atom stereocenters. The van der Waals surface area contributed by atoms with E-state index in [0.29, 0.717) is 18.9 Å². The Balaban J connectivity index is 1.81. The van der Waals surface area contributed by atoms with Crippen molar-refractivity contribution in [3.8, 4) is 5.75 Å². The van der Waals surface area contributed by atoms with Gasteiger partial charge in [-0.05, 0) is 30.7 Å². The van der Waals surface area contributed by atoms with Crippen LogP contribution in [0.2, 0.25) is 0 Å². The first-order valence-electron chi connectivity index (χ1n) is 6.82. The van der Waals surface area contributed by atoms with Gasteiger partial charge < -0.3 is 15.8 Å². The van der Waals surface area contributed by atoms with Crippen LogP contribution >= 0.6 is 0 Å². The molecule has 1 aromatic carbocycles. The third-order valence-corrected chi connectivity index (χ3v) is 2.99. The summed E-state index contributed by atoms with van der Waals surface area (Å²) in [6.45, 7) is 2.61. The lowest BCUT2D eigenvalue weighted by molar-refractivity contribution is -0.116. The number of nitrogens with two attached hydrogens (primary N) is 1. The molecule has 110 valence electrons. The Bertz CT molecular complexity index is 597. The average Bonchev–Trinajstić information content (AvgIpc) is 2.50. The number of amides is 1. The topological polar surface area (TPSA) is 77.2 Å². The van der Waals surface area contributed by atoms with Gasteiger partial charge in [0.25, 0.3) is 0 Å². The van der Waals surface area contributed by atoms with Crippen LogP contribution in [0.15, 0.2) is 42.6 Å². The molecule has 0 saturated carbocycles. The van der Waals surface area contributed by atoms with E-state index in [9.17, 15) is 4.79 Å². The Hall–Kier alpha value is -2.40. The predicted molar refractivity (Wildman–Crippen MR) is 82.0 cm³/mol. The van der Waals surface area contributed by atoms with Crippen LogP contribution in [0.3, 0.4) is 0 Å². The molecule has 0 spiro atoms. The van der Waals surface area contributed by atoms with Gasteiger partial charge in [-0.2, -0.15) is 0 Å². The molecule has 0 bridgehead atoms. The van der Waals surface area contributed by atoms with E-state index in [0.717, 1.165) is 16.9 Å². The number of hydrogen-bond acceptors (Lipinski definition) is 4. The summed E-state index contributed by atoms with van der Waals surface area (Å²) in [5, 5.41) is 2.84. The molecule has 0 aliphatic heterocycles. The molecule has 5 nitrogen and oxygen atoms in total. The Morgan fingerprint density at radius 3 is 2.81 bits per heavy atom. The van der Waals surface area contributed by atoms with E-state index in [1.807, 2.05) is 43.3 Å². The van der Waals surface area contributed by atoms with Crippen molar-refractivity contribution in [2.75, 3.05) is 11.9 Å². The third kappa shape index (κ3) is 4.57. The van der Waals surface area contributed by atoms with Crippen molar-refractivity contribution < 1.29 is 9.53 Å². The van der Waals surface area contributed by atoms with Crippen LogP contribution in [-0.4, -0.2) is 17.5 Å². The molecule has 1 aromatic heterocycles. The SMILES string of the molecule is Cc1ccc(OCCC(=O)Nc2ccccc2CN)cn1. The van der Waals surface area contributed by atoms with Gasteiger partial charge in [-0.3, -0.25) is 9.78 Å². The molecule has 0 aliphatic carbocycles. The fourth-order valence-electron chi connectivity index (χ4n) is 1.83. The molecule has 0 atom stereocenters. The summed E-state index contributed by atoms with van der Waals surface area (Å²) in [5.41, 5.74) is 8.22. The number of aromatic nitrogens is 1. The van der Waals surface area contributed by atoms with E-state index in [1.54, 1.807) is 6.20 Å². The van der Waals surface area contributed by atoms with Gasteiger partial charge in [0.15, 0.2) is 0 Å². The number of benzene rings is 1. The maximum absolute atomic E-state index is 11.9. The maximum Gasteiger partial charge on any atom is 0.227 e. The van der Waals surface area contributed by atoms with E-state index in [-0.39, 0.29) is 12.3 Å². The summed E-state index contributed by atoms with van der Waals surface area (Å²) < 4.78 is 5.48. The lowest BCUT2D eigenvalue weighted by Gasteiger charge is -2.10. The second kappa shape index (κ2) is 7.40. The summed E-state index contributed by atoms with van der Waals surface area (Å²) in [6.07, 6.45) is 1.92. The monoisotopic (exact) mass is 285 g/mol. The minimum atomic E-state index is -0.101. The van der Waals surface area contributed by atoms with E-state index >= 15 is 0 Å². The van der Waals surface area contributed by atoms with Gasteiger partial charge in [0.05, 0.1) is 19.2 Å². The fraction of sp³-hybridized carbons (Fsp3) is 0.250. The van der Waals surface area contributed by atoms with Crippen LogP contribution in [0, 0.1) is 6.92 Å². The van der Waals surface area contributed by atoms with Crippen molar-refractivity contribution in [1.82, 2.24) is 4.98 Å². The van der Waals surface area contributed by atoms with Crippen molar-refractivity contribution in [2.45, 2.75) is 19.9 Å². The standard InChI is InChI=1S/C16H19N3O2/c1-12-6-7-14(11-18-12)21-9-8-16(20)19-15-5-3-2-4-13(15)10-17/h2-7,11H,8-10,17H2,1H3,(H,19,20). The molecular weight excluding hydrogens is 266 g/mol. The van der Waals surface area contributed by atoms with Gasteiger partial charge in [-0.25, -0.2) is 0 Å². The number of carbonyl (C=O) groups excluding carboxylic acids is 1. The molecule has 0 radical (unpaired) electrons. The second-order valence-electron chi connectivity index (χ2n) is 4.64. The van der Waals surface area contributed by atoms with Crippen molar-refractivity contribution in [3.05, 3.63) is 53.9 Å². The van der Waals surface area contributed by atoms with Crippen molar-refractivity contribution >= 4 is 11.6 Å². The van der Waals surface area contributed by atoms with E-state index in [2.05, 4.69) is 10.3 Å². The van der Waals surface area contributed by atoms with Crippen LogP contribution < -0.4 is 15.8 Å². The highest BCUT2D eigenvalue weighted by Gasteiger charge is 2.06. The number of rotatable bonds is 6. The van der Waals surface area contributed by atoms with Crippen LogP contribution in [-0.2, 0) is 11.3 Å². The van der Waals surface area contributed by atoms with Gasteiger partial charge >= 0.3 is 0 Å². The number of nitrogens with one attached hydrogen (secondary N) is 1. The number of anilines is 1. The third-order valence-electron chi connectivity index (χ3n) is 2.99. The number of nitrogens with zero attached hydrogens (tertiary/aromatic N) is 1. The van der Waals surface area contributed by atoms with Gasteiger partial charge in [0.1, 0.15) is 5.75 Å². The highest BCUT2D eigenvalue weighted by molar-refractivity contribution is 5.91. The zero-order valence-corrected chi connectivity index (χ0v) is 12.0. The quantitative estimate of drug-likeness (QED) is 0.853. The molecule has 0 fully saturated rings. The second-order valence-corrected chi connectivity index (χ2v) is 4.64. The maximum atomic E-state index is 11.9. The molecule has 1 heterocycles. The molecule has 3 N–H and O–H groups in total. The zero-order valence-electron chi connectivity index (χ0n) is 12.0. The van der Waals surface area contributed by atoms with Crippen LogP contribution in [0.4, 0.5) is 5.69 Å². The molecule has 2 aromatic rings. The van der Waals surface area contributed by atoms with Crippen LogP contribution in [0.5, 0.6) is 5.75 Å².